The van der Waals surface area contributed by atoms with Crippen molar-refractivity contribution in [3.63, 3.8) is 0 Å². The molecule has 112 valence electrons. The van der Waals surface area contributed by atoms with E-state index in [4.69, 9.17) is 9.72 Å². The lowest BCUT2D eigenvalue weighted by Gasteiger charge is -2.16. The third-order valence-corrected chi connectivity index (χ3v) is 3.91. The molecule has 3 heteroatoms. The van der Waals surface area contributed by atoms with Crippen LogP contribution in [0.15, 0.2) is 18.2 Å². The molecule has 0 unspecified atom stereocenters. The fourth-order valence-corrected chi connectivity index (χ4v) is 3.04. The summed E-state index contributed by atoms with van der Waals surface area (Å²) in [5, 5.41) is 4.82. The van der Waals surface area contributed by atoms with Crippen molar-refractivity contribution in [2.75, 3.05) is 11.9 Å². The molecule has 1 aliphatic rings. The van der Waals surface area contributed by atoms with Crippen LogP contribution in [0.4, 0.5) is 5.69 Å². The molecule has 0 radical (unpaired) electrons. The van der Waals surface area contributed by atoms with Crippen molar-refractivity contribution in [3.8, 4) is 5.75 Å². The Balaban J connectivity index is 2.11. The van der Waals surface area contributed by atoms with Gasteiger partial charge in [-0.2, -0.15) is 0 Å². The van der Waals surface area contributed by atoms with Gasteiger partial charge in [-0.1, -0.05) is 6.92 Å². The van der Waals surface area contributed by atoms with Crippen LogP contribution in [0.5, 0.6) is 5.75 Å². The zero-order chi connectivity index (χ0) is 14.8. The molecule has 0 saturated carbocycles. The standard InChI is InChI=1S/C18H24N2O/c1-4-10-19-18-14-6-5-7-16(14)20-17-9-8-13(11-15(17)18)21-12(2)3/h8-9,11-12H,4-7,10H2,1-3H3,(H,19,20). The average molecular weight is 284 g/mol. The number of hydrogen-bond donors (Lipinski definition) is 1. The molecule has 21 heavy (non-hydrogen) atoms. The molecule has 1 N–H and O–H groups in total. The predicted octanol–water partition coefficient (Wildman–Crippen LogP) is 4.33. The van der Waals surface area contributed by atoms with Crippen LogP contribution >= 0.6 is 0 Å². The minimum atomic E-state index is 0.192. The van der Waals surface area contributed by atoms with Crippen LogP contribution in [0.3, 0.4) is 0 Å². The Bertz CT molecular complexity index is 649. The zero-order valence-electron chi connectivity index (χ0n) is 13.2. The summed E-state index contributed by atoms with van der Waals surface area (Å²) in [6.45, 7) is 7.31. The highest BCUT2D eigenvalue weighted by Crippen LogP contribution is 2.35. The molecule has 0 atom stereocenters. The van der Waals surface area contributed by atoms with Gasteiger partial charge >= 0.3 is 0 Å². The summed E-state index contributed by atoms with van der Waals surface area (Å²) < 4.78 is 5.85. The second-order valence-corrected chi connectivity index (χ2v) is 6.04. The van der Waals surface area contributed by atoms with Crippen LogP contribution in [0.25, 0.3) is 10.9 Å². The van der Waals surface area contributed by atoms with E-state index in [1.807, 2.05) is 6.07 Å². The van der Waals surface area contributed by atoms with Gasteiger partial charge in [0, 0.05) is 23.3 Å². The second-order valence-electron chi connectivity index (χ2n) is 6.04. The number of aromatic nitrogens is 1. The molecule has 1 aliphatic carbocycles. The van der Waals surface area contributed by atoms with Crippen LogP contribution in [-0.2, 0) is 12.8 Å². The lowest BCUT2D eigenvalue weighted by Crippen LogP contribution is -2.07. The molecular weight excluding hydrogens is 260 g/mol. The fraction of sp³-hybridized carbons (Fsp3) is 0.500. The van der Waals surface area contributed by atoms with Crippen molar-refractivity contribution < 1.29 is 4.74 Å². The Kier molecular flexibility index (Phi) is 4.00. The maximum atomic E-state index is 5.85. The van der Waals surface area contributed by atoms with Gasteiger partial charge in [-0.05, 0) is 63.3 Å². The third-order valence-electron chi connectivity index (χ3n) is 3.91. The molecule has 0 saturated heterocycles. The third kappa shape index (κ3) is 2.82. The highest BCUT2D eigenvalue weighted by atomic mass is 16.5. The van der Waals surface area contributed by atoms with E-state index in [1.54, 1.807) is 0 Å². The monoisotopic (exact) mass is 284 g/mol. The molecule has 0 amide bonds. The summed E-state index contributed by atoms with van der Waals surface area (Å²) in [5.41, 5.74) is 5.05. The summed E-state index contributed by atoms with van der Waals surface area (Å²) in [6.07, 6.45) is 4.78. The molecule has 1 heterocycles. The van der Waals surface area contributed by atoms with E-state index in [-0.39, 0.29) is 6.10 Å². The van der Waals surface area contributed by atoms with Crippen molar-refractivity contribution in [3.05, 3.63) is 29.5 Å². The number of pyridine rings is 1. The molecule has 1 aromatic heterocycles. The van der Waals surface area contributed by atoms with E-state index >= 15 is 0 Å². The molecule has 3 nitrogen and oxygen atoms in total. The van der Waals surface area contributed by atoms with Crippen LogP contribution in [0.2, 0.25) is 0 Å². The van der Waals surface area contributed by atoms with Crippen LogP contribution < -0.4 is 10.1 Å². The van der Waals surface area contributed by atoms with E-state index in [1.165, 1.54) is 28.8 Å². The van der Waals surface area contributed by atoms with Gasteiger partial charge in [0.1, 0.15) is 5.75 Å². The van der Waals surface area contributed by atoms with Gasteiger partial charge in [0.15, 0.2) is 0 Å². The van der Waals surface area contributed by atoms with Crippen molar-refractivity contribution in [2.45, 2.75) is 52.6 Å². The normalized spacial score (nSPS) is 13.7. The lowest BCUT2D eigenvalue weighted by atomic mass is 10.1. The molecule has 1 aromatic carbocycles. The average Bonchev–Trinajstić information content (AvgIpc) is 2.91. The summed E-state index contributed by atoms with van der Waals surface area (Å²) >= 11 is 0. The summed E-state index contributed by atoms with van der Waals surface area (Å²) in [5.74, 6) is 0.928. The molecule has 3 rings (SSSR count). The summed E-state index contributed by atoms with van der Waals surface area (Å²) in [4.78, 5) is 4.85. The topological polar surface area (TPSA) is 34.2 Å². The second kappa shape index (κ2) is 5.92. The summed E-state index contributed by atoms with van der Waals surface area (Å²) in [7, 11) is 0. The van der Waals surface area contributed by atoms with Crippen molar-refractivity contribution in [2.24, 2.45) is 0 Å². The Morgan fingerprint density at radius 3 is 2.90 bits per heavy atom. The zero-order valence-corrected chi connectivity index (χ0v) is 13.2. The number of anilines is 1. The number of aryl methyl sites for hydroxylation is 1. The Morgan fingerprint density at radius 2 is 2.14 bits per heavy atom. The van der Waals surface area contributed by atoms with Gasteiger partial charge in [0.2, 0.25) is 0 Å². The molecule has 0 aliphatic heterocycles. The Morgan fingerprint density at radius 1 is 1.29 bits per heavy atom. The molecule has 0 spiro atoms. The number of nitrogens with zero attached hydrogens (tertiary/aromatic N) is 1. The smallest absolute Gasteiger partial charge is 0.120 e. The quantitative estimate of drug-likeness (QED) is 0.887. The van der Waals surface area contributed by atoms with E-state index in [0.29, 0.717) is 0 Å². The van der Waals surface area contributed by atoms with Crippen molar-refractivity contribution in [1.82, 2.24) is 4.98 Å². The number of benzene rings is 1. The van der Waals surface area contributed by atoms with E-state index < -0.39 is 0 Å². The minimum absolute atomic E-state index is 0.192. The number of nitrogens with one attached hydrogen (secondary N) is 1. The Hall–Kier alpha value is -1.77. The maximum Gasteiger partial charge on any atom is 0.120 e. The first kappa shape index (κ1) is 14.2. The van der Waals surface area contributed by atoms with E-state index in [0.717, 1.165) is 37.1 Å². The number of ether oxygens (including phenoxy) is 1. The molecule has 0 fully saturated rings. The number of hydrogen-bond acceptors (Lipinski definition) is 3. The first-order valence-electron chi connectivity index (χ1n) is 8.05. The first-order valence-corrected chi connectivity index (χ1v) is 8.05. The molecular formula is C18H24N2O. The van der Waals surface area contributed by atoms with Crippen LogP contribution in [0.1, 0.15) is 44.9 Å². The van der Waals surface area contributed by atoms with Gasteiger partial charge in [-0.25, -0.2) is 0 Å². The number of rotatable bonds is 5. The van der Waals surface area contributed by atoms with Gasteiger partial charge in [0.25, 0.3) is 0 Å². The first-order chi connectivity index (χ1) is 10.2. The maximum absolute atomic E-state index is 5.85. The highest BCUT2D eigenvalue weighted by Gasteiger charge is 2.19. The van der Waals surface area contributed by atoms with Crippen LogP contribution in [-0.4, -0.2) is 17.6 Å². The van der Waals surface area contributed by atoms with Gasteiger partial charge in [-0.3, -0.25) is 4.98 Å². The largest absolute Gasteiger partial charge is 0.491 e. The SMILES string of the molecule is CCCNc1c2c(nc3ccc(OC(C)C)cc13)CCC2. The van der Waals surface area contributed by atoms with Gasteiger partial charge in [0.05, 0.1) is 11.6 Å². The predicted molar refractivity (Wildman–Crippen MR) is 88.3 cm³/mol. The van der Waals surface area contributed by atoms with Gasteiger partial charge in [-0.15, -0.1) is 0 Å². The highest BCUT2D eigenvalue weighted by molar-refractivity contribution is 5.94. The minimum Gasteiger partial charge on any atom is -0.491 e. The lowest BCUT2D eigenvalue weighted by molar-refractivity contribution is 0.243. The van der Waals surface area contributed by atoms with E-state index in [2.05, 4.69) is 38.2 Å². The molecule has 2 aromatic rings. The fourth-order valence-electron chi connectivity index (χ4n) is 3.04. The van der Waals surface area contributed by atoms with Gasteiger partial charge < -0.3 is 10.1 Å². The van der Waals surface area contributed by atoms with Crippen LogP contribution in [0, 0.1) is 0 Å². The van der Waals surface area contributed by atoms with Crippen molar-refractivity contribution in [1.29, 1.82) is 0 Å². The molecule has 0 bridgehead atoms. The van der Waals surface area contributed by atoms with Crippen molar-refractivity contribution >= 4 is 16.6 Å². The number of fused-ring (bicyclic) bond motifs is 2. The van der Waals surface area contributed by atoms with E-state index in [9.17, 15) is 0 Å². The Labute approximate surface area is 126 Å². The summed E-state index contributed by atoms with van der Waals surface area (Å²) in [6, 6.07) is 6.25.